The van der Waals surface area contributed by atoms with Crippen molar-refractivity contribution in [3.05, 3.63) is 84.4 Å². The SMILES string of the molecule is C=C(Nc1cccc(Nc2ncc3c(n2)N(C(CC)CC)C(=C)C3)c1)C(/C=C\C)=C/C. The molecule has 1 aromatic heterocycles. The van der Waals surface area contributed by atoms with Gasteiger partial charge in [-0.1, -0.05) is 51.3 Å². The molecule has 5 nitrogen and oxygen atoms in total. The molecule has 0 bridgehead atoms. The second-order valence-electron chi connectivity index (χ2n) is 7.68. The largest absolute Gasteiger partial charge is 0.355 e. The number of nitrogens with one attached hydrogen (secondary N) is 2. The van der Waals surface area contributed by atoms with Crippen LogP contribution in [0.3, 0.4) is 0 Å². The van der Waals surface area contributed by atoms with Gasteiger partial charge in [-0.05, 0) is 50.5 Å². The highest BCUT2D eigenvalue weighted by Crippen LogP contribution is 2.35. The van der Waals surface area contributed by atoms with Crippen LogP contribution >= 0.6 is 0 Å². The summed E-state index contributed by atoms with van der Waals surface area (Å²) >= 11 is 0. The van der Waals surface area contributed by atoms with E-state index in [1.54, 1.807) is 0 Å². The zero-order chi connectivity index (χ0) is 22.4. The number of anilines is 4. The van der Waals surface area contributed by atoms with Gasteiger partial charge in [-0.15, -0.1) is 0 Å². The van der Waals surface area contributed by atoms with E-state index in [4.69, 9.17) is 4.98 Å². The van der Waals surface area contributed by atoms with Crippen molar-refractivity contribution in [2.45, 2.75) is 53.0 Å². The fourth-order valence-corrected chi connectivity index (χ4v) is 3.93. The van der Waals surface area contributed by atoms with Crippen LogP contribution in [0.25, 0.3) is 0 Å². The molecule has 0 fully saturated rings. The molecule has 1 aliphatic heterocycles. The van der Waals surface area contributed by atoms with Gasteiger partial charge in [0.2, 0.25) is 5.95 Å². The van der Waals surface area contributed by atoms with Crippen molar-refractivity contribution >= 4 is 23.1 Å². The first-order valence-corrected chi connectivity index (χ1v) is 11.0. The lowest BCUT2D eigenvalue weighted by molar-refractivity contribution is 0.594. The van der Waals surface area contributed by atoms with Gasteiger partial charge in [0.25, 0.3) is 0 Å². The molecule has 0 saturated heterocycles. The molecular formula is C26H33N5. The van der Waals surface area contributed by atoms with Crippen molar-refractivity contribution in [1.82, 2.24) is 9.97 Å². The Balaban J connectivity index is 1.79. The Hall–Kier alpha value is -3.34. The molecule has 0 aliphatic carbocycles. The summed E-state index contributed by atoms with van der Waals surface area (Å²) in [6, 6.07) is 8.46. The van der Waals surface area contributed by atoms with E-state index in [0.717, 1.165) is 59.0 Å². The second kappa shape index (κ2) is 10.1. The minimum absolute atomic E-state index is 0.410. The second-order valence-corrected chi connectivity index (χ2v) is 7.68. The number of allylic oxidation sites excluding steroid dienone is 4. The monoisotopic (exact) mass is 415 g/mol. The number of aromatic nitrogens is 2. The topological polar surface area (TPSA) is 53.1 Å². The van der Waals surface area contributed by atoms with Crippen LogP contribution in [0.1, 0.15) is 46.1 Å². The Morgan fingerprint density at radius 1 is 1.23 bits per heavy atom. The van der Waals surface area contributed by atoms with Crippen LogP contribution < -0.4 is 15.5 Å². The lowest BCUT2D eigenvalue weighted by Crippen LogP contribution is -2.31. The predicted molar refractivity (Wildman–Crippen MR) is 133 cm³/mol. The maximum Gasteiger partial charge on any atom is 0.229 e. The molecule has 2 aromatic rings. The summed E-state index contributed by atoms with van der Waals surface area (Å²) in [5.41, 5.74) is 6.01. The standard InChI is InChI=1S/C26H33N5/c1-7-12-20(8-2)19(6)28-22-13-11-14-23(16-22)29-26-27-17-21-15-18(5)31(25(21)30-26)24(9-3)10-4/h7-8,11-14,16-17,24,28H,5-6,9-10,15H2,1-4H3,(H,27,29,30)/b12-7-,20-8+. The number of rotatable bonds is 9. The number of fused-ring (bicyclic) bond motifs is 1. The van der Waals surface area contributed by atoms with Crippen molar-refractivity contribution in [2.24, 2.45) is 0 Å². The summed E-state index contributed by atoms with van der Waals surface area (Å²) in [5.74, 6) is 1.56. The first-order valence-electron chi connectivity index (χ1n) is 11.0. The molecule has 0 amide bonds. The molecule has 162 valence electrons. The molecule has 31 heavy (non-hydrogen) atoms. The predicted octanol–water partition coefficient (Wildman–Crippen LogP) is 6.73. The van der Waals surface area contributed by atoms with Crippen molar-refractivity contribution in [2.75, 3.05) is 15.5 Å². The zero-order valence-corrected chi connectivity index (χ0v) is 19.1. The van der Waals surface area contributed by atoms with Gasteiger partial charge in [0.05, 0.1) is 0 Å². The van der Waals surface area contributed by atoms with Crippen LogP contribution in [0.5, 0.6) is 0 Å². The Morgan fingerprint density at radius 2 is 1.97 bits per heavy atom. The summed E-state index contributed by atoms with van der Waals surface area (Å²) in [7, 11) is 0. The summed E-state index contributed by atoms with van der Waals surface area (Å²) in [5, 5.41) is 6.72. The number of benzene rings is 1. The molecule has 2 N–H and O–H groups in total. The maximum atomic E-state index is 4.84. The Kier molecular flexibility index (Phi) is 7.29. The van der Waals surface area contributed by atoms with Crippen LogP contribution in [-0.4, -0.2) is 16.0 Å². The first kappa shape index (κ1) is 22.3. The van der Waals surface area contributed by atoms with Crippen LogP contribution in [0.2, 0.25) is 0 Å². The van der Waals surface area contributed by atoms with E-state index in [2.05, 4.69) is 47.5 Å². The van der Waals surface area contributed by atoms with Gasteiger partial charge in [0.1, 0.15) is 5.82 Å². The zero-order valence-electron chi connectivity index (χ0n) is 19.1. The van der Waals surface area contributed by atoms with Crippen molar-refractivity contribution in [1.29, 1.82) is 0 Å². The Labute approximate surface area is 186 Å². The Morgan fingerprint density at radius 3 is 2.65 bits per heavy atom. The normalized spacial score (nSPS) is 13.8. The van der Waals surface area contributed by atoms with Crippen molar-refractivity contribution in [3.8, 4) is 0 Å². The smallest absolute Gasteiger partial charge is 0.229 e. The molecule has 5 heteroatoms. The first-order chi connectivity index (χ1) is 15.0. The van der Waals surface area contributed by atoms with Gasteiger partial charge in [-0.25, -0.2) is 4.98 Å². The third kappa shape index (κ3) is 5.05. The van der Waals surface area contributed by atoms with Crippen molar-refractivity contribution < 1.29 is 0 Å². The highest BCUT2D eigenvalue weighted by Gasteiger charge is 2.29. The molecule has 0 saturated carbocycles. The lowest BCUT2D eigenvalue weighted by Gasteiger charge is -2.28. The van der Waals surface area contributed by atoms with E-state index in [9.17, 15) is 0 Å². The molecule has 0 unspecified atom stereocenters. The minimum atomic E-state index is 0.410. The Bertz CT molecular complexity index is 1010. The maximum absolute atomic E-state index is 4.84. The summed E-state index contributed by atoms with van der Waals surface area (Å²) in [6.45, 7) is 16.8. The van der Waals surface area contributed by atoms with Gasteiger partial charge < -0.3 is 15.5 Å². The summed E-state index contributed by atoms with van der Waals surface area (Å²) in [6.07, 6.45) is 10.9. The molecule has 0 spiro atoms. The lowest BCUT2D eigenvalue weighted by atomic mass is 10.1. The summed E-state index contributed by atoms with van der Waals surface area (Å²) < 4.78 is 0. The van der Waals surface area contributed by atoms with Crippen LogP contribution in [-0.2, 0) is 6.42 Å². The minimum Gasteiger partial charge on any atom is -0.355 e. The molecule has 0 radical (unpaired) electrons. The van der Waals surface area contributed by atoms with Gasteiger partial charge >= 0.3 is 0 Å². The number of nitrogens with zero attached hydrogens (tertiary/aromatic N) is 3. The van der Waals surface area contributed by atoms with Crippen molar-refractivity contribution in [3.63, 3.8) is 0 Å². The van der Waals surface area contributed by atoms with E-state index >= 15 is 0 Å². The fourth-order valence-electron chi connectivity index (χ4n) is 3.93. The van der Waals surface area contributed by atoms with E-state index in [0.29, 0.717) is 12.0 Å². The average molecular weight is 416 g/mol. The molecule has 1 aromatic carbocycles. The third-order valence-electron chi connectivity index (χ3n) is 5.53. The van der Waals surface area contributed by atoms with Crippen LogP contribution in [0.4, 0.5) is 23.1 Å². The van der Waals surface area contributed by atoms with Gasteiger partial charge in [0, 0.05) is 47.0 Å². The molecule has 2 heterocycles. The average Bonchev–Trinajstić information content (AvgIpc) is 3.08. The highest BCUT2D eigenvalue weighted by atomic mass is 15.3. The van der Waals surface area contributed by atoms with E-state index < -0.39 is 0 Å². The van der Waals surface area contributed by atoms with E-state index in [1.165, 1.54) is 0 Å². The van der Waals surface area contributed by atoms with Crippen LogP contribution in [0, 0.1) is 0 Å². The fraction of sp³-hybridized carbons (Fsp3) is 0.308. The summed E-state index contributed by atoms with van der Waals surface area (Å²) in [4.78, 5) is 11.7. The van der Waals surface area contributed by atoms with Gasteiger partial charge in [0.15, 0.2) is 0 Å². The van der Waals surface area contributed by atoms with E-state index in [-0.39, 0.29) is 0 Å². The van der Waals surface area contributed by atoms with Gasteiger partial charge in [-0.3, -0.25) is 0 Å². The molecule has 0 atom stereocenters. The van der Waals surface area contributed by atoms with E-state index in [1.807, 2.05) is 62.5 Å². The molecule has 3 rings (SSSR count). The number of hydrogen-bond acceptors (Lipinski definition) is 5. The third-order valence-corrected chi connectivity index (χ3v) is 5.53. The quantitative estimate of drug-likeness (QED) is 0.445. The molecular weight excluding hydrogens is 382 g/mol. The molecule has 1 aliphatic rings. The highest BCUT2D eigenvalue weighted by molar-refractivity contribution is 5.67. The van der Waals surface area contributed by atoms with Gasteiger partial charge in [-0.2, -0.15) is 4.98 Å². The number of hydrogen-bond donors (Lipinski definition) is 2. The van der Waals surface area contributed by atoms with Crippen LogP contribution in [0.15, 0.2) is 78.8 Å².